The maximum absolute atomic E-state index is 13.7. The fraction of sp³-hybridized carbons (Fsp3) is 0.296. The third-order valence-corrected chi connectivity index (χ3v) is 8.80. The number of aromatic nitrogens is 4. The second-order valence-corrected chi connectivity index (χ2v) is 12.1. The first kappa shape index (κ1) is 25.8. The van der Waals surface area contributed by atoms with Crippen LogP contribution in [0.5, 0.6) is 0 Å². The van der Waals surface area contributed by atoms with Crippen LogP contribution in [0.3, 0.4) is 0 Å². The van der Waals surface area contributed by atoms with Gasteiger partial charge in [0.05, 0.1) is 40.8 Å². The summed E-state index contributed by atoms with van der Waals surface area (Å²) in [5.74, 6) is 0.0865. The van der Waals surface area contributed by atoms with Gasteiger partial charge in [0, 0.05) is 23.6 Å². The summed E-state index contributed by atoms with van der Waals surface area (Å²) in [5, 5.41) is 25.6. The van der Waals surface area contributed by atoms with Gasteiger partial charge in [-0.1, -0.05) is 18.2 Å². The predicted molar refractivity (Wildman–Crippen MR) is 143 cm³/mol. The molecule has 0 bridgehead atoms. The number of aromatic amines is 1. The van der Waals surface area contributed by atoms with Crippen LogP contribution in [0.15, 0.2) is 65.5 Å². The molecule has 1 aliphatic rings. The quantitative estimate of drug-likeness (QED) is 0.330. The van der Waals surface area contributed by atoms with E-state index in [1.165, 1.54) is 22.9 Å². The number of aryl methyl sites for hydroxylation is 1. The number of rotatable bonds is 7. The van der Waals surface area contributed by atoms with Crippen molar-refractivity contribution in [3.63, 3.8) is 0 Å². The van der Waals surface area contributed by atoms with Crippen molar-refractivity contribution in [2.45, 2.75) is 19.8 Å². The van der Waals surface area contributed by atoms with Gasteiger partial charge >= 0.3 is 0 Å². The standard InChI is InChI=1S/C27H28FN5O4S/c1-18-4-2-3-5-22(18)33-23(35)11-10-21(32-33)24-25(19-6-8-20(28)9-7-19)30-31-26(24)29-16-27(17-34)12-14-38(36,37)15-13-27/h2-11,34H,12-17H2,1H3,(H2,29,30,31). The molecule has 0 unspecified atom stereocenters. The minimum absolute atomic E-state index is 0.0203. The number of H-pyrrole nitrogens is 1. The number of aliphatic hydroxyl groups excluding tert-OH is 1. The van der Waals surface area contributed by atoms with Gasteiger partial charge in [-0.3, -0.25) is 9.89 Å². The highest BCUT2D eigenvalue weighted by Gasteiger charge is 2.37. The molecule has 2 aromatic carbocycles. The number of halogens is 1. The average Bonchev–Trinajstić information content (AvgIpc) is 3.34. The molecule has 1 saturated heterocycles. The van der Waals surface area contributed by atoms with E-state index in [-0.39, 0.29) is 36.0 Å². The van der Waals surface area contributed by atoms with E-state index >= 15 is 0 Å². The molecule has 1 fully saturated rings. The van der Waals surface area contributed by atoms with Crippen LogP contribution in [0.25, 0.3) is 28.2 Å². The normalized spacial score (nSPS) is 16.3. The first-order chi connectivity index (χ1) is 18.2. The van der Waals surface area contributed by atoms with Gasteiger partial charge in [-0.2, -0.15) is 14.9 Å². The molecule has 4 aromatic rings. The van der Waals surface area contributed by atoms with Crippen LogP contribution >= 0.6 is 0 Å². The summed E-state index contributed by atoms with van der Waals surface area (Å²) in [5.41, 5.74) is 2.85. The third kappa shape index (κ3) is 5.11. The molecule has 3 N–H and O–H groups in total. The Balaban J connectivity index is 1.58. The second kappa shape index (κ2) is 10.1. The summed E-state index contributed by atoms with van der Waals surface area (Å²) in [6, 6.07) is 16.4. The SMILES string of the molecule is Cc1ccccc1-n1nc(-c2c(NCC3(CO)CCS(=O)(=O)CC3)n[nH]c2-c2ccc(F)cc2)ccc1=O. The number of nitrogens with one attached hydrogen (secondary N) is 2. The number of anilines is 1. The Hall–Kier alpha value is -3.83. The van der Waals surface area contributed by atoms with Crippen molar-refractivity contribution in [3.05, 3.63) is 82.4 Å². The van der Waals surface area contributed by atoms with E-state index in [2.05, 4.69) is 20.6 Å². The summed E-state index contributed by atoms with van der Waals surface area (Å²) < 4.78 is 38.9. The van der Waals surface area contributed by atoms with Crippen LogP contribution in [0, 0.1) is 18.2 Å². The van der Waals surface area contributed by atoms with Crippen molar-refractivity contribution < 1.29 is 17.9 Å². The van der Waals surface area contributed by atoms with E-state index in [4.69, 9.17) is 0 Å². The van der Waals surface area contributed by atoms with Crippen LogP contribution in [0.1, 0.15) is 18.4 Å². The van der Waals surface area contributed by atoms with Crippen LogP contribution in [0.2, 0.25) is 0 Å². The van der Waals surface area contributed by atoms with E-state index in [0.717, 1.165) is 5.56 Å². The van der Waals surface area contributed by atoms with Crippen molar-refractivity contribution in [2.24, 2.45) is 5.41 Å². The first-order valence-corrected chi connectivity index (χ1v) is 14.1. The van der Waals surface area contributed by atoms with E-state index in [1.807, 2.05) is 31.2 Å². The molecule has 11 heteroatoms. The molecule has 38 heavy (non-hydrogen) atoms. The molecule has 5 rings (SSSR count). The van der Waals surface area contributed by atoms with E-state index in [0.29, 0.717) is 46.9 Å². The van der Waals surface area contributed by atoms with Gasteiger partial charge < -0.3 is 10.4 Å². The number of nitrogens with zero attached hydrogens (tertiary/aromatic N) is 3. The fourth-order valence-electron chi connectivity index (χ4n) is 4.70. The zero-order chi connectivity index (χ0) is 26.9. The van der Waals surface area contributed by atoms with Gasteiger partial charge in [0.2, 0.25) is 0 Å². The molecule has 1 aliphatic heterocycles. The van der Waals surface area contributed by atoms with Gasteiger partial charge in [-0.25, -0.2) is 12.8 Å². The molecule has 198 valence electrons. The maximum atomic E-state index is 13.7. The highest BCUT2D eigenvalue weighted by molar-refractivity contribution is 7.91. The van der Waals surface area contributed by atoms with E-state index < -0.39 is 15.3 Å². The van der Waals surface area contributed by atoms with Gasteiger partial charge in [0.15, 0.2) is 5.82 Å². The molecule has 0 amide bonds. The van der Waals surface area contributed by atoms with Crippen LogP contribution in [-0.2, 0) is 9.84 Å². The van der Waals surface area contributed by atoms with Crippen LogP contribution in [0.4, 0.5) is 10.2 Å². The second-order valence-electron chi connectivity index (χ2n) is 9.75. The van der Waals surface area contributed by atoms with Crippen molar-refractivity contribution in [2.75, 3.05) is 30.0 Å². The van der Waals surface area contributed by atoms with Crippen molar-refractivity contribution in [1.82, 2.24) is 20.0 Å². The molecule has 0 spiro atoms. The minimum atomic E-state index is -3.11. The van der Waals surface area contributed by atoms with Gasteiger partial charge in [0.1, 0.15) is 15.7 Å². The molecular weight excluding hydrogens is 509 g/mol. The Morgan fingerprint density at radius 2 is 1.79 bits per heavy atom. The van der Waals surface area contributed by atoms with Gasteiger partial charge in [-0.05, 0) is 61.7 Å². The van der Waals surface area contributed by atoms with Crippen molar-refractivity contribution >= 4 is 15.7 Å². The first-order valence-electron chi connectivity index (χ1n) is 12.3. The topological polar surface area (TPSA) is 130 Å². The maximum Gasteiger partial charge on any atom is 0.271 e. The van der Waals surface area contributed by atoms with Crippen molar-refractivity contribution in [3.8, 4) is 28.2 Å². The highest BCUT2D eigenvalue weighted by Crippen LogP contribution is 2.37. The Morgan fingerprint density at radius 3 is 2.47 bits per heavy atom. The molecule has 3 heterocycles. The van der Waals surface area contributed by atoms with Gasteiger partial charge in [0.25, 0.3) is 5.56 Å². The Morgan fingerprint density at radius 1 is 1.08 bits per heavy atom. The van der Waals surface area contributed by atoms with E-state index in [1.54, 1.807) is 18.2 Å². The number of benzene rings is 2. The average molecular weight is 538 g/mol. The summed E-state index contributed by atoms with van der Waals surface area (Å²) in [4.78, 5) is 12.8. The van der Waals surface area contributed by atoms with E-state index in [9.17, 15) is 22.7 Å². The number of hydrogen-bond donors (Lipinski definition) is 3. The Bertz CT molecular complexity index is 1620. The van der Waals surface area contributed by atoms with Crippen LogP contribution in [-0.4, -0.2) is 58.2 Å². The Labute approximate surface area is 219 Å². The number of sulfone groups is 1. The fourth-order valence-corrected chi connectivity index (χ4v) is 6.39. The zero-order valence-electron chi connectivity index (χ0n) is 20.8. The zero-order valence-corrected chi connectivity index (χ0v) is 21.6. The summed E-state index contributed by atoms with van der Waals surface area (Å²) in [7, 11) is -3.11. The Kier molecular flexibility index (Phi) is 6.89. The number of para-hydroxylation sites is 1. The summed E-state index contributed by atoms with van der Waals surface area (Å²) >= 11 is 0. The minimum Gasteiger partial charge on any atom is -0.396 e. The molecule has 0 aliphatic carbocycles. The predicted octanol–water partition coefficient (Wildman–Crippen LogP) is 3.34. The summed E-state index contributed by atoms with van der Waals surface area (Å²) in [6.07, 6.45) is 0.666. The molecule has 9 nitrogen and oxygen atoms in total. The number of hydrogen-bond acceptors (Lipinski definition) is 7. The third-order valence-electron chi connectivity index (χ3n) is 7.15. The van der Waals surface area contributed by atoms with Crippen molar-refractivity contribution in [1.29, 1.82) is 0 Å². The lowest BCUT2D eigenvalue weighted by Gasteiger charge is -2.35. The van der Waals surface area contributed by atoms with Gasteiger partial charge in [-0.15, -0.1) is 0 Å². The largest absolute Gasteiger partial charge is 0.396 e. The highest BCUT2D eigenvalue weighted by atomic mass is 32.2. The summed E-state index contributed by atoms with van der Waals surface area (Å²) in [6.45, 7) is 2.01. The number of aliphatic hydroxyl groups is 1. The molecular formula is C27H28FN5O4S. The molecule has 0 saturated carbocycles. The lowest BCUT2D eigenvalue weighted by Crippen LogP contribution is -2.41. The van der Waals surface area contributed by atoms with Crippen LogP contribution < -0.4 is 10.9 Å². The molecule has 2 aromatic heterocycles. The monoisotopic (exact) mass is 537 g/mol. The lowest BCUT2D eigenvalue weighted by molar-refractivity contribution is 0.125. The smallest absolute Gasteiger partial charge is 0.271 e. The lowest BCUT2D eigenvalue weighted by atomic mass is 9.82. The molecule has 0 atom stereocenters. The molecule has 0 radical (unpaired) electrons.